The number of ether oxygens (including phenoxy) is 1. The fourth-order valence-corrected chi connectivity index (χ4v) is 2.94. The van der Waals surface area contributed by atoms with E-state index in [4.69, 9.17) is 10.5 Å². The molecule has 1 aliphatic rings. The van der Waals surface area contributed by atoms with Crippen molar-refractivity contribution < 1.29 is 9.53 Å². The number of hydrogen-bond donors (Lipinski definition) is 2. The van der Waals surface area contributed by atoms with Gasteiger partial charge in [0.1, 0.15) is 0 Å². The van der Waals surface area contributed by atoms with Crippen LogP contribution >= 0.6 is 0 Å². The maximum absolute atomic E-state index is 11.5. The molecule has 4 nitrogen and oxygen atoms in total. The second-order valence-corrected chi connectivity index (χ2v) is 6.68. The molecule has 0 radical (unpaired) electrons. The molecule has 110 valence electrons. The lowest BCUT2D eigenvalue weighted by Crippen LogP contribution is -2.40. The van der Waals surface area contributed by atoms with Crippen molar-refractivity contribution in [3.63, 3.8) is 0 Å². The molecule has 1 atom stereocenters. The number of benzene rings is 1. The summed E-state index contributed by atoms with van der Waals surface area (Å²) >= 11 is 0. The average Bonchev–Trinajstić information content (AvgIpc) is 2.70. The number of carbonyl (C=O) groups excluding carboxylic acids is 1. The zero-order valence-corrected chi connectivity index (χ0v) is 13.0. The molecular weight excluding hydrogens is 252 g/mol. The molecule has 1 amide bonds. The predicted octanol–water partition coefficient (Wildman–Crippen LogP) is 2.49. The van der Waals surface area contributed by atoms with Crippen LogP contribution in [-0.2, 0) is 15.8 Å². The first-order valence-corrected chi connectivity index (χ1v) is 6.99. The number of carbonyl (C=O) groups is 1. The lowest BCUT2D eigenvalue weighted by Gasteiger charge is -2.30. The second-order valence-electron chi connectivity index (χ2n) is 6.68. The fraction of sp³-hybridized carbons (Fsp3) is 0.562. The molecule has 0 spiro atoms. The lowest BCUT2D eigenvalue weighted by atomic mass is 9.80. The van der Waals surface area contributed by atoms with Crippen LogP contribution in [0.2, 0.25) is 0 Å². The molecule has 3 N–H and O–H groups in total. The van der Waals surface area contributed by atoms with E-state index in [1.54, 1.807) is 0 Å². The second kappa shape index (κ2) is 4.77. The number of nitrogens with two attached hydrogens (primary N) is 1. The van der Waals surface area contributed by atoms with Crippen molar-refractivity contribution >= 4 is 6.09 Å². The third-order valence-electron chi connectivity index (χ3n) is 3.99. The van der Waals surface area contributed by atoms with Crippen molar-refractivity contribution in [2.75, 3.05) is 13.1 Å². The van der Waals surface area contributed by atoms with Crippen LogP contribution < -0.4 is 11.1 Å². The highest BCUT2D eigenvalue weighted by atomic mass is 16.6. The van der Waals surface area contributed by atoms with Gasteiger partial charge in [0.05, 0.1) is 6.54 Å². The summed E-state index contributed by atoms with van der Waals surface area (Å²) in [6, 6.07) is 4.35. The van der Waals surface area contributed by atoms with E-state index in [-0.39, 0.29) is 12.0 Å². The minimum atomic E-state index is -0.734. The number of cyclic esters (lactones) is 1. The molecule has 2 rings (SSSR count). The van der Waals surface area contributed by atoms with Crippen LogP contribution in [-0.4, -0.2) is 19.2 Å². The van der Waals surface area contributed by atoms with Gasteiger partial charge >= 0.3 is 6.09 Å². The summed E-state index contributed by atoms with van der Waals surface area (Å²) in [5.74, 6) is 0. The van der Waals surface area contributed by atoms with E-state index in [0.717, 1.165) is 16.7 Å². The summed E-state index contributed by atoms with van der Waals surface area (Å²) in [6.07, 6.45) is -0.394. The van der Waals surface area contributed by atoms with Crippen LogP contribution in [0.1, 0.15) is 43.0 Å². The van der Waals surface area contributed by atoms with Gasteiger partial charge in [0, 0.05) is 12.1 Å². The summed E-state index contributed by atoms with van der Waals surface area (Å²) in [4.78, 5) is 11.5. The zero-order valence-electron chi connectivity index (χ0n) is 13.0. The summed E-state index contributed by atoms with van der Waals surface area (Å²) in [5.41, 5.74) is 9.82. The summed E-state index contributed by atoms with van der Waals surface area (Å²) in [5, 5.41) is 2.72. The summed E-state index contributed by atoms with van der Waals surface area (Å²) in [6.45, 7) is 11.4. The van der Waals surface area contributed by atoms with Crippen LogP contribution in [0.15, 0.2) is 12.1 Å². The molecule has 1 heterocycles. The van der Waals surface area contributed by atoms with E-state index in [2.05, 4.69) is 52.1 Å². The molecule has 1 aromatic carbocycles. The number of rotatable bonds is 2. The van der Waals surface area contributed by atoms with Gasteiger partial charge in [-0.05, 0) is 36.0 Å². The SMILES string of the molecule is Cc1cc(C(C)(C)C)cc(C)c1C1(CN)CNC(=O)O1. The number of nitrogens with one attached hydrogen (secondary N) is 1. The van der Waals surface area contributed by atoms with Crippen molar-refractivity contribution in [2.45, 2.75) is 45.6 Å². The molecule has 1 unspecified atom stereocenters. The summed E-state index contributed by atoms with van der Waals surface area (Å²) in [7, 11) is 0. The average molecular weight is 276 g/mol. The Bertz CT molecular complexity index is 523. The van der Waals surface area contributed by atoms with Crippen molar-refractivity contribution in [2.24, 2.45) is 5.73 Å². The van der Waals surface area contributed by atoms with Gasteiger partial charge in [0.15, 0.2) is 5.60 Å². The van der Waals surface area contributed by atoms with E-state index in [1.165, 1.54) is 5.56 Å². The highest BCUT2D eigenvalue weighted by Gasteiger charge is 2.43. The highest BCUT2D eigenvalue weighted by molar-refractivity contribution is 5.71. The van der Waals surface area contributed by atoms with Gasteiger partial charge < -0.3 is 15.8 Å². The Balaban J connectivity index is 2.55. The Morgan fingerprint density at radius 1 is 1.30 bits per heavy atom. The van der Waals surface area contributed by atoms with Gasteiger partial charge in [-0.25, -0.2) is 4.79 Å². The first-order valence-electron chi connectivity index (χ1n) is 6.99. The minimum absolute atomic E-state index is 0.0918. The molecule has 0 bridgehead atoms. The molecule has 0 aliphatic carbocycles. The number of alkyl carbamates (subject to hydrolysis) is 1. The lowest BCUT2D eigenvalue weighted by molar-refractivity contribution is 0.0607. The van der Waals surface area contributed by atoms with Crippen LogP contribution in [0.4, 0.5) is 4.79 Å². The molecule has 1 saturated heterocycles. The molecule has 1 aromatic rings. The maximum Gasteiger partial charge on any atom is 0.408 e. The Labute approximate surface area is 120 Å². The monoisotopic (exact) mass is 276 g/mol. The quantitative estimate of drug-likeness (QED) is 0.872. The van der Waals surface area contributed by atoms with Gasteiger partial charge in [0.2, 0.25) is 0 Å². The first kappa shape index (κ1) is 14.9. The van der Waals surface area contributed by atoms with Crippen LogP contribution in [0.5, 0.6) is 0 Å². The van der Waals surface area contributed by atoms with E-state index in [9.17, 15) is 4.79 Å². The van der Waals surface area contributed by atoms with E-state index in [1.807, 2.05) is 0 Å². The summed E-state index contributed by atoms with van der Waals surface area (Å²) < 4.78 is 5.50. The molecule has 0 saturated carbocycles. The third kappa shape index (κ3) is 2.40. The smallest absolute Gasteiger partial charge is 0.408 e. The molecule has 1 aliphatic heterocycles. The van der Waals surface area contributed by atoms with Crippen molar-refractivity contribution in [1.82, 2.24) is 5.32 Å². The molecule has 0 aromatic heterocycles. The highest BCUT2D eigenvalue weighted by Crippen LogP contribution is 2.36. The van der Waals surface area contributed by atoms with Gasteiger partial charge in [-0.2, -0.15) is 0 Å². The first-order chi connectivity index (χ1) is 9.19. The van der Waals surface area contributed by atoms with E-state index >= 15 is 0 Å². The largest absolute Gasteiger partial charge is 0.435 e. The Morgan fingerprint density at radius 2 is 1.85 bits per heavy atom. The van der Waals surface area contributed by atoms with Gasteiger partial charge in [0.25, 0.3) is 0 Å². The molecule has 1 fully saturated rings. The van der Waals surface area contributed by atoms with Crippen LogP contribution in [0.3, 0.4) is 0 Å². The molecular formula is C16H24N2O2. The predicted molar refractivity (Wildman–Crippen MR) is 79.8 cm³/mol. The molecule has 4 heteroatoms. The maximum atomic E-state index is 11.5. The number of aryl methyl sites for hydroxylation is 2. The normalized spacial score (nSPS) is 22.6. The van der Waals surface area contributed by atoms with Gasteiger partial charge in [-0.3, -0.25) is 0 Å². The number of amides is 1. The van der Waals surface area contributed by atoms with Crippen molar-refractivity contribution in [3.05, 3.63) is 34.4 Å². The Kier molecular flexibility index (Phi) is 3.54. The Morgan fingerprint density at radius 3 is 2.20 bits per heavy atom. The van der Waals surface area contributed by atoms with Crippen molar-refractivity contribution in [1.29, 1.82) is 0 Å². The van der Waals surface area contributed by atoms with E-state index in [0.29, 0.717) is 6.54 Å². The fourth-order valence-electron chi connectivity index (χ4n) is 2.94. The van der Waals surface area contributed by atoms with Gasteiger partial charge in [-0.15, -0.1) is 0 Å². The number of hydrogen-bond acceptors (Lipinski definition) is 3. The van der Waals surface area contributed by atoms with Crippen LogP contribution in [0, 0.1) is 13.8 Å². The van der Waals surface area contributed by atoms with Gasteiger partial charge in [-0.1, -0.05) is 32.9 Å². The van der Waals surface area contributed by atoms with Crippen molar-refractivity contribution in [3.8, 4) is 0 Å². The molecule has 20 heavy (non-hydrogen) atoms. The zero-order chi connectivity index (χ0) is 15.1. The van der Waals surface area contributed by atoms with E-state index < -0.39 is 11.7 Å². The van der Waals surface area contributed by atoms with Crippen LogP contribution in [0.25, 0.3) is 0 Å². The topological polar surface area (TPSA) is 64.3 Å². The minimum Gasteiger partial charge on any atom is -0.435 e. The standard InChI is InChI=1S/C16H24N2O2/c1-10-6-12(15(3,4)5)7-11(2)13(10)16(8-17)9-18-14(19)20-16/h6-7H,8-9,17H2,1-5H3,(H,18,19). The Hall–Kier alpha value is -1.55. The third-order valence-corrected chi connectivity index (χ3v) is 3.99.